The van der Waals surface area contributed by atoms with E-state index in [1.165, 1.54) is 12.1 Å². The van der Waals surface area contributed by atoms with Crippen molar-refractivity contribution in [3.05, 3.63) is 57.3 Å². The third-order valence-electron chi connectivity index (χ3n) is 4.25. The first-order valence-corrected chi connectivity index (χ1v) is 9.97. The molecule has 0 aliphatic carbocycles. The fraction of sp³-hybridized carbons (Fsp3) is 0.381. The third-order valence-corrected chi connectivity index (χ3v) is 4.89. The summed E-state index contributed by atoms with van der Waals surface area (Å²) >= 11 is 12.4. The maximum atomic E-state index is 14.0. The Balaban J connectivity index is 2.22. The van der Waals surface area contributed by atoms with Gasteiger partial charge in [-0.2, -0.15) is 0 Å². The van der Waals surface area contributed by atoms with Crippen molar-refractivity contribution in [3.63, 3.8) is 0 Å². The first-order chi connectivity index (χ1) is 13.7. The Bertz CT molecular complexity index is 841. The van der Waals surface area contributed by atoms with Crippen LogP contribution >= 0.6 is 23.2 Å². The molecular formula is C21H24Cl2FNO4. The molecule has 1 unspecified atom stereocenters. The molecule has 29 heavy (non-hydrogen) atoms. The fourth-order valence-corrected chi connectivity index (χ4v) is 3.28. The standard InChI is InChI=1S/C21H24Cl2FNO4/c1-4-28-18-9-13(10-25-19(12(2)3)21(26)27)8-16(23)20(18)29-11-14-15(22)6-5-7-17(14)24/h5-9,12,19,25H,4,10-11H2,1-3H3,(H,26,27). The van der Waals surface area contributed by atoms with E-state index in [2.05, 4.69) is 5.32 Å². The van der Waals surface area contributed by atoms with Crippen LogP contribution < -0.4 is 14.8 Å². The quantitative estimate of drug-likeness (QED) is 0.520. The molecule has 2 N–H and O–H groups in total. The maximum Gasteiger partial charge on any atom is 0.320 e. The second-order valence-electron chi connectivity index (χ2n) is 6.77. The van der Waals surface area contributed by atoms with Gasteiger partial charge in [0.05, 0.1) is 16.7 Å². The highest BCUT2D eigenvalue weighted by atomic mass is 35.5. The van der Waals surface area contributed by atoms with Gasteiger partial charge in [-0.15, -0.1) is 0 Å². The third kappa shape index (κ3) is 6.23. The molecular weight excluding hydrogens is 420 g/mol. The largest absolute Gasteiger partial charge is 0.490 e. The molecule has 0 saturated heterocycles. The molecule has 1 atom stereocenters. The molecule has 2 aromatic rings. The lowest BCUT2D eigenvalue weighted by Gasteiger charge is -2.19. The van der Waals surface area contributed by atoms with Gasteiger partial charge in [0.2, 0.25) is 0 Å². The average molecular weight is 444 g/mol. The van der Waals surface area contributed by atoms with Gasteiger partial charge < -0.3 is 19.9 Å². The van der Waals surface area contributed by atoms with Crippen LogP contribution in [-0.2, 0) is 17.9 Å². The van der Waals surface area contributed by atoms with Crippen LogP contribution in [0.5, 0.6) is 11.5 Å². The molecule has 0 aliphatic rings. The molecule has 0 spiro atoms. The second kappa shape index (κ2) is 10.7. The molecule has 2 rings (SSSR count). The molecule has 0 aromatic heterocycles. The molecule has 0 aliphatic heterocycles. The topological polar surface area (TPSA) is 67.8 Å². The van der Waals surface area contributed by atoms with E-state index >= 15 is 0 Å². The lowest BCUT2D eigenvalue weighted by Crippen LogP contribution is -2.40. The monoisotopic (exact) mass is 443 g/mol. The Morgan fingerprint density at radius 2 is 1.93 bits per heavy atom. The normalized spacial score (nSPS) is 12.1. The molecule has 0 amide bonds. The number of aliphatic carboxylic acids is 1. The SMILES string of the molecule is CCOc1cc(CNC(C(=O)O)C(C)C)cc(Cl)c1OCc1c(F)cccc1Cl. The Labute approximate surface area is 179 Å². The van der Waals surface area contributed by atoms with E-state index in [0.29, 0.717) is 12.4 Å². The summed E-state index contributed by atoms with van der Waals surface area (Å²) in [5.41, 5.74) is 0.960. The first-order valence-electron chi connectivity index (χ1n) is 9.21. The van der Waals surface area contributed by atoms with Gasteiger partial charge in [0.15, 0.2) is 11.5 Å². The highest BCUT2D eigenvalue weighted by Gasteiger charge is 2.21. The van der Waals surface area contributed by atoms with Crippen LogP contribution in [0.1, 0.15) is 31.9 Å². The highest BCUT2D eigenvalue weighted by Crippen LogP contribution is 2.38. The molecule has 0 bridgehead atoms. The number of halogens is 3. The zero-order valence-corrected chi connectivity index (χ0v) is 18.0. The molecule has 158 valence electrons. The summed E-state index contributed by atoms with van der Waals surface area (Å²) < 4.78 is 25.3. The Morgan fingerprint density at radius 3 is 2.52 bits per heavy atom. The Kier molecular flexibility index (Phi) is 8.56. The molecule has 8 heteroatoms. The Hall–Kier alpha value is -2.02. The predicted molar refractivity (Wildman–Crippen MR) is 111 cm³/mol. The van der Waals surface area contributed by atoms with Crippen molar-refractivity contribution in [3.8, 4) is 11.5 Å². The van der Waals surface area contributed by atoms with Gasteiger partial charge in [0.25, 0.3) is 0 Å². The molecule has 0 heterocycles. The van der Waals surface area contributed by atoms with Gasteiger partial charge in [-0.05, 0) is 42.7 Å². The van der Waals surface area contributed by atoms with Crippen molar-refractivity contribution in [1.29, 1.82) is 0 Å². The Morgan fingerprint density at radius 1 is 1.21 bits per heavy atom. The van der Waals surface area contributed by atoms with Gasteiger partial charge in [-0.25, -0.2) is 4.39 Å². The molecule has 0 saturated carbocycles. The van der Waals surface area contributed by atoms with Crippen LogP contribution in [0.4, 0.5) is 4.39 Å². The van der Waals surface area contributed by atoms with E-state index in [0.717, 1.165) is 5.56 Å². The number of hydrogen-bond donors (Lipinski definition) is 2. The van der Waals surface area contributed by atoms with Gasteiger partial charge in [0.1, 0.15) is 18.5 Å². The zero-order valence-electron chi connectivity index (χ0n) is 16.5. The van der Waals surface area contributed by atoms with Crippen LogP contribution in [-0.4, -0.2) is 23.7 Å². The predicted octanol–water partition coefficient (Wildman–Crippen LogP) is 5.31. The van der Waals surface area contributed by atoms with Crippen molar-refractivity contribution in [2.45, 2.75) is 40.0 Å². The van der Waals surface area contributed by atoms with Gasteiger partial charge in [-0.3, -0.25) is 4.79 Å². The highest BCUT2D eigenvalue weighted by molar-refractivity contribution is 6.32. The summed E-state index contributed by atoms with van der Waals surface area (Å²) in [5, 5.41) is 12.8. The fourth-order valence-electron chi connectivity index (χ4n) is 2.78. The number of hydrogen-bond acceptors (Lipinski definition) is 4. The van der Waals surface area contributed by atoms with E-state index < -0.39 is 17.8 Å². The van der Waals surface area contributed by atoms with E-state index in [4.69, 9.17) is 32.7 Å². The van der Waals surface area contributed by atoms with E-state index in [9.17, 15) is 14.3 Å². The summed E-state index contributed by atoms with van der Waals surface area (Å²) in [6.45, 7) is 6.01. The van der Waals surface area contributed by atoms with E-state index in [1.54, 1.807) is 18.2 Å². The molecule has 0 fully saturated rings. The molecule has 2 aromatic carbocycles. The van der Waals surface area contributed by atoms with Crippen molar-refractivity contribution < 1.29 is 23.8 Å². The summed E-state index contributed by atoms with van der Waals surface area (Å²) in [4.78, 5) is 11.4. The van der Waals surface area contributed by atoms with Crippen LogP contribution in [0.15, 0.2) is 30.3 Å². The summed E-state index contributed by atoms with van der Waals surface area (Å²) in [6.07, 6.45) is 0. The summed E-state index contributed by atoms with van der Waals surface area (Å²) in [6, 6.07) is 7.09. The lowest BCUT2D eigenvalue weighted by molar-refractivity contribution is -0.140. The van der Waals surface area contributed by atoms with Crippen molar-refractivity contribution >= 4 is 29.2 Å². The minimum absolute atomic E-state index is 0.0811. The second-order valence-corrected chi connectivity index (χ2v) is 7.58. The minimum atomic E-state index is -0.919. The van der Waals surface area contributed by atoms with Crippen LogP contribution in [0.25, 0.3) is 0 Å². The number of rotatable bonds is 10. The van der Waals surface area contributed by atoms with Crippen molar-refractivity contribution in [2.24, 2.45) is 5.92 Å². The van der Waals surface area contributed by atoms with Crippen LogP contribution in [0, 0.1) is 11.7 Å². The van der Waals surface area contributed by atoms with Crippen molar-refractivity contribution in [1.82, 2.24) is 5.32 Å². The van der Waals surface area contributed by atoms with Gasteiger partial charge in [-0.1, -0.05) is 43.1 Å². The number of carbonyl (C=O) groups is 1. The molecule has 0 radical (unpaired) electrons. The average Bonchev–Trinajstić information content (AvgIpc) is 2.62. The van der Waals surface area contributed by atoms with Gasteiger partial charge >= 0.3 is 5.97 Å². The summed E-state index contributed by atoms with van der Waals surface area (Å²) in [5.74, 6) is -0.808. The minimum Gasteiger partial charge on any atom is -0.490 e. The first kappa shape index (κ1) is 23.3. The number of carboxylic acids is 1. The number of nitrogens with one attached hydrogen (secondary N) is 1. The smallest absolute Gasteiger partial charge is 0.320 e. The van der Waals surface area contributed by atoms with E-state index in [-0.39, 0.29) is 40.4 Å². The van der Waals surface area contributed by atoms with Crippen molar-refractivity contribution in [2.75, 3.05) is 6.61 Å². The molecule has 5 nitrogen and oxygen atoms in total. The van der Waals surface area contributed by atoms with E-state index in [1.807, 2.05) is 20.8 Å². The van der Waals surface area contributed by atoms with Gasteiger partial charge in [0, 0.05) is 12.1 Å². The number of ether oxygens (including phenoxy) is 2. The number of benzene rings is 2. The van der Waals surface area contributed by atoms with Crippen LogP contribution in [0.2, 0.25) is 10.0 Å². The number of carboxylic acid groups (broad SMARTS) is 1. The van der Waals surface area contributed by atoms with Crippen LogP contribution in [0.3, 0.4) is 0 Å². The lowest BCUT2D eigenvalue weighted by atomic mass is 10.0. The maximum absolute atomic E-state index is 14.0. The zero-order chi connectivity index (χ0) is 21.6. The summed E-state index contributed by atoms with van der Waals surface area (Å²) in [7, 11) is 0.